The van der Waals surface area contributed by atoms with Gasteiger partial charge in [-0.25, -0.2) is 8.42 Å². The van der Waals surface area contributed by atoms with Crippen molar-refractivity contribution >= 4 is 15.7 Å². The lowest BCUT2D eigenvalue weighted by Gasteiger charge is -2.38. The Kier molecular flexibility index (Phi) is 5.19. The Morgan fingerprint density at radius 3 is 2.27 bits per heavy atom. The molecule has 0 saturated carbocycles. The third kappa shape index (κ3) is 4.43. The SMILES string of the molecule is CC(C)(C)[C@@H](O)CN1CCN(C(=O)[C@@H]2CCS(=O)(=O)C2)CC1. The van der Waals surface area contributed by atoms with Crippen LogP contribution >= 0.6 is 0 Å². The number of hydrogen-bond donors (Lipinski definition) is 1. The van der Waals surface area contributed by atoms with Crippen molar-refractivity contribution in [2.75, 3.05) is 44.2 Å². The van der Waals surface area contributed by atoms with Crippen LogP contribution in [0.4, 0.5) is 0 Å². The molecule has 22 heavy (non-hydrogen) atoms. The molecule has 2 atom stereocenters. The largest absolute Gasteiger partial charge is 0.391 e. The van der Waals surface area contributed by atoms with Gasteiger partial charge in [0, 0.05) is 32.7 Å². The summed E-state index contributed by atoms with van der Waals surface area (Å²) in [5, 5.41) is 10.2. The quantitative estimate of drug-likeness (QED) is 0.785. The van der Waals surface area contributed by atoms with Crippen LogP contribution in [0.2, 0.25) is 0 Å². The van der Waals surface area contributed by atoms with Gasteiger partial charge in [0.15, 0.2) is 9.84 Å². The predicted molar refractivity (Wildman–Crippen MR) is 85.2 cm³/mol. The second kappa shape index (κ2) is 6.45. The lowest BCUT2D eigenvalue weighted by molar-refractivity contribution is -0.136. The highest BCUT2D eigenvalue weighted by molar-refractivity contribution is 7.91. The van der Waals surface area contributed by atoms with E-state index in [1.54, 1.807) is 4.90 Å². The molecule has 1 N–H and O–H groups in total. The summed E-state index contributed by atoms with van der Waals surface area (Å²) >= 11 is 0. The number of β-amino-alcohol motifs (C(OH)–C–C–N with tert-alkyl or cyclic N) is 1. The van der Waals surface area contributed by atoms with E-state index in [0.717, 1.165) is 13.1 Å². The van der Waals surface area contributed by atoms with E-state index in [-0.39, 0.29) is 28.7 Å². The minimum absolute atomic E-state index is 0.00872. The summed E-state index contributed by atoms with van der Waals surface area (Å²) in [7, 11) is -3.01. The third-order valence-electron chi connectivity index (χ3n) is 4.70. The molecule has 2 heterocycles. The summed E-state index contributed by atoms with van der Waals surface area (Å²) in [5.41, 5.74) is -0.148. The molecule has 1 amide bonds. The molecule has 0 unspecified atom stereocenters. The molecule has 0 spiro atoms. The van der Waals surface area contributed by atoms with Crippen molar-refractivity contribution in [3.8, 4) is 0 Å². The molecule has 0 aliphatic carbocycles. The van der Waals surface area contributed by atoms with Crippen LogP contribution in [-0.4, -0.2) is 79.6 Å². The predicted octanol–water partition coefficient (Wildman–Crippen LogP) is -0.0277. The first-order valence-corrected chi connectivity index (χ1v) is 9.80. The van der Waals surface area contributed by atoms with Crippen LogP contribution in [0.25, 0.3) is 0 Å². The van der Waals surface area contributed by atoms with Gasteiger partial charge >= 0.3 is 0 Å². The van der Waals surface area contributed by atoms with Gasteiger partial charge < -0.3 is 10.0 Å². The second-order valence-electron chi connectivity index (χ2n) is 7.61. The summed E-state index contributed by atoms with van der Waals surface area (Å²) in [6, 6.07) is 0. The van der Waals surface area contributed by atoms with E-state index in [1.165, 1.54) is 0 Å². The Balaban J connectivity index is 1.81. The standard InChI is InChI=1S/C15H28N2O4S/c1-15(2,3)13(18)10-16-5-7-17(8-6-16)14(19)12-4-9-22(20,21)11-12/h12-13,18H,4-11H2,1-3H3/t12-,13+/m1/s1. The van der Waals surface area contributed by atoms with Gasteiger partial charge in [0.1, 0.15) is 0 Å². The van der Waals surface area contributed by atoms with E-state index in [0.29, 0.717) is 26.1 Å². The number of carbonyl (C=O) groups excluding carboxylic acids is 1. The second-order valence-corrected chi connectivity index (χ2v) is 9.84. The average molecular weight is 332 g/mol. The van der Waals surface area contributed by atoms with Gasteiger partial charge in [-0.15, -0.1) is 0 Å². The molecule has 6 nitrogen and oxygen atoms in total. The van der Waals surface area contributed by atoms with Crippen LogP contribution in [-0.2, 0) is 14.6 Å². The molecular weight excluding hydrogens is 304 g/mol. The molecule has 2 aliphatic rings. The number of sulfone groups is 1. The van der Waals surface area contributed by atoms with E-state index < -0.39 is 15.9 Å². The lowest BCUT2D eigenvalue weighted by Crippen LogP contribution is -2.53. The van der Waals surface area contributed by atoms with Crippen LogP contribution in [0.3, 0.4) is 0 Å². The first-order valence-electron chi connectivity index (χ1n) is 7.98. The van der Waals surface area contributed by atoms with Crippen LogP contribution in [0.1, 0.15) is 27.2 Å². The van der Waals surface area contributed by atoms with Crippen molar-refractivity contribution in [2.45, 2.75) is 33.3 Å². The average Bonchev–Trinajstić information content (AvgIpc) is 2.78. The molecule has 2 aliphatic heterocycles. The maximum Gasteiger partial charge on any atom is 0.226 e. The fourth-order valence-electron chi connectivity index (χ4n) is 2.92. The number of amides is 1. The molecule has 2 rings (SSSR count). The van der Waals surface area contributed by atoms with Gasteiger partial charge in [-0.05, 0) is 11.8 Å². The van der Waals surface area contributed by atoms with Gasteiger partial charge in [0.2, 0.25) is 5.91 Å². The molecule has 0 radical (unpaired) electrons. The summed E-state index contributed by atoms with van der Waals surface area (Å²) in [5.74, 6) is -0.218. The fraction of sp³-hybridized carbons (Fsp3) is 0.933. The maximum absolute atomic E-state index is 12.4. The number of rotatable bonds is 3. The topological polar surface area (TPSA) is 77.9 Å². The number of piperazine rings is 1. The Labute approximate surface area is 133 Å². The number of aliphatic hydroxyl groups excluding tert-OH is 1. The summed E-state index contributed by atoms with van der Waals surface area (Å²) < 4.78 is 23.0. The van der Waals surface area contributed by atoms with Crippen LogP contribution in [0.15, 0.2) is 0 Å². The van der Waals surface area contributed by atoms with Gasteiger partial charge in [0.05, 0.1) is 23.5 Å². The zero-order chi connectivity index (χ0) is 16.5. The zero-order valence-electron chi connectivity index (χ0n) is 13.8. The first kappa shape index (κ1) is 17.7. The first-order chi connectivity index (χ1) is 10.1. The zero-order valence-corrected chi connectivity index (χ0v) is 14.6. The number of nitrogens with zero attached hydrogens (tertiary/aromatic N) is 2. The fourth-order valence-corrected chi connectivity index (χ4v) is 4.65. The maximum atomic E-state index is 12.4. The molecule has 7 heteroatoms. The van der Waals surface area contributed by atoms with E-state index in [1.807, 2.05) is 20.8 Å². The van der Waals surface area contributed by atoms with Gasteiger partial charge in [-0.3, -0.25) is 9.69 Å². The van der Waals surface area contributed by atoms with Crippen LogP contribution in [0, 0.1) is 11.3 Å². The minimum atomic E-state index is -3.01. The number of hydrogen-bond acceptors (Lipinski definition) is 5. The van der Waals surface area contributed by atoms with Crippen molar-refractivity contribution in [3.05, 3.63) is 0 Å². The highest BCUT2D eigenvalue weighted by atomic mass is 32.2. The molecule has 0 aromatic rings. The molecule has 2 fully saturated rings. The number of carbonyl (C=O) groups is 1. The van der Waals surface area contributed by atoms with Crippen LogP contribution in [0.5, 0.6) is 0 Å². The Bertz CT molecular complexity index is 504. The van der Waals surface area contributed by atoms with E-state index in [4.69, 9.17) is 0 Å². The van der Waals surface area contributed by atoms with Gasteiger partial charge in [-0.2, -0.15) is 0 Å². The summed E-state index contributed by atoms with van der Waals surface area (Å²) in [4.78, 5) is 16.3. The Morgan fingerprint density at radius 2 is 1.82 bits per heavy atom. The molecular formula is C15H28N2O4S. The van der Waals surface area contributed by atoms with E-state index >= 15 is 0 Å². The molecule has 0 aromatic carbocycles. The monoisotopic (exact) mass is 332 g/mol. The number of aliphatic hydroxyl groups is 1. The Morgan fingerprint density at radius 1 is 1.23 bits per heavy atom. The molecule has 128 valence electrons. The van der Waals surface area contributed by atoms with Crippen molar-refractivity contribution in [1.29, 1.82) is 0 Å². The molecule has 0 bridgehead atoms. The van der Waals surface area contributed by atoms with E-state index in [9.17, 15) is 18.3 Å². The Hall–Kier alpha value is -0.660. The van der Waals surface area contributed by atoms with Crippen LogP contribution < -0.4 is 0 Å². The highest BCUT2D eigenvalue weighted by Crippen LogP contribution is 2.23. The van der Waals surface area contributed by atoms with E-state index in [2.05, 4.69) is 4.90 Å². The van der Waals surface area contributed by atoms with Crippen molar-refractivity contribution in [1.82, 2.24) is 9.80 Å². The van der Waals surface area contributed by atoms with Crippen molar-refractivity contribution < 1.29 is 18.3 Å². The smallest absolute Gasteiger partial charge is 0.226 e. The normalized spacial score (nSPS) is 27.8. The van der Waals surface area contributed by atoms with Crippen molar-refractivity contribution in [2.24, 2.45) is 11.3 Å². The lowest BCUT2D eigenvalue weighted by atomic mass is 9.89. The van der Waals surface area contributed by atoms with Gasteiger partial charge in [-0.1, -0.05) is 20.8 Å². The highest BCUT2D eigenvalue weighted by Gasteiger charge is 2.36. The molecule has 0 aromatic heterocycles. The molecule has 2 saturated heterocycles. The van der Waals surface area contributed by atoms with Crippen molar-refractivity contribution in [3.63, 3.8) is 0 Å². The van der Waals surface area contributed by atoms with Gasteiger partial charge in [0.25, 0.3) is 0 Å². The third-order valence-corrected chi connectivity index (χ3v) is 6.46. The summed E-state index contributed by atoms with van der Waals surface area (Å²) in [6.45, 7) is 9.35. The minimum Gasteiger partial charge on any atom is -0.391 e. The summed E-state index contributed by atoms with van der Waals surface area (Å²) in [6.07, 6.45) is 0.0686.